The summed E-state index contributed by atoms with van der Waals surface area (Å²) >= 11 is 6.11. The second-order valence-corrected chi connectivity index (χ2v) is 5.13. The van der Waals surface area contributed by atoms with Gasteiger partial charge in [0.2, 0.25) is 0 Å². The monoisotopic (exact) mass is 294 g/mol. The van der Waals surface area contributed by atoms with Crippen LogP contribution in [0, 0.1) is 0 Å². The molecule has 0 saturated carbocycles. The summed E-state index contributed by atoms with van der Waals surface area (Å²) in [7, 11) is 3.31. The van der Waals surface area contributed by atoms with Crippen LogP contribution >= 0.6 is 11.6 Å². The van der Waals surface area contributed by atoms with Gasteiger partial charge in [0.15, 0.2) is 0 Å². The zero-order valence-corrected chi connectivity index (χ0v) is 12.5. The molecule has 2 aromatic rings. The van der Waals surface area contributed by atoms with E-state index in [4.69, 9.17) is 21.1 Å². The van der Waals surface area contributed by atoms with Crippen LogP contribution in [0.1, 0.15) is 6.42 Å². The Morgan fingerprint density at radius 2 is 2.15 bits per heavy atom. The number of fused-ring (bicyclic) bond motifs is 1. The maximum Gasteiger partial charge on any atom is 0.133 e. The van der Waals surface area contributed by atoms with Crippen molar-refractivity contribution in [2.75, 3.05) is 32.7 Å². The first-order valence-electron chi connectivity index (χ1n) is 6.54. The van der Waals surface area contributed by atoms with Gasteiger partial charge in [-0.05, 0) is 30.0 Å². The van der Waals surface area contributed by atoms with E-state index in [1.807, 2.05) is 24.3 Å². The minimum absolute atomic E-state index is 0.0111. The highest BCUT2D eigenvalue weighted by Crippen LogP contribution is 2.25. The number of hydrogen-bond donors (Lipinski definition) is 1. The molecule has 0 saturated heterocycles. The van der Waals surface area contributed by atoms with Crippen LogP contribution in [0.5, 0.6) is 5.75 Å². The molecule has 0 aliphatic rings. The maximum atomic E-state index is 6.11. The molecule has 0 aliphatic heterocycles. The van der Waals surface area contributed by atoms with Gasteiger partial charge in [-0.2, -0.15) is 0 Å². The molecule has 4 nitrogen and oxygen atoms in total. The van der Waals surface area contributed by atoms with Gasteiger partial charge in [0, 0.05) is 25.2 Å². The molecular weight excluding hydrogens is 276 g/mol. The lowest BCUT2D eigenvalue weighted by Crippen LogP contribution is -2.14. The Bertz CT molecular complexity index is 563. The number of nitrogens with one attached hydrogen (secondary N) is 1. The van der Waals surface area contributed by atoms with Crippen LogP contribution in [-0.4, -0.2) is 37.7 Å². The van der Waals surface area contributed by atoms with Crippen molar-refractivity contribution < 1.29 is 9.47 Å². The topological polar surface area (TPSA) is 43.4 Å². The summed E-state index contributed by atoms with van der Waals surface area (Å²) in [5.74, 6) is 1.67. The largest absolute Gasteiger partial charge is 0.497 e. The van der Waals surface area contributed by atoms with E-state index in [9.17, 15) is 0 Å². The predicted molar refractivity (Wildman–Crippen MR) is 82.9 cm³/mol. The lowest BCUT2D eigenvalue weighted by Gasteiger charge is -2.12. The summed E-state index contributed by atoms with van der Waals surface area (Å²) in [5.41, 5.74) is 0. The molecule has 2 rings (SSSR count). The second-order valence-electron chi connectivity index (χ2n) is 4.51. The number of ether oxygens (including phenoxy) is 2. The van der Waals surface area contributed by atoms with E-state index in [0.29, 0.717) is 6.61 Å². The first kappa shape index (κ1) is 14.9. The van der Waals surface area contributed by atoms with Crippen molar-refractivity contribution in [1.29, 1.82) is 0 Å². The lowest BCUT2D eigenvalue weighted by atomic mass is 10.1. The summed E-state index contributed by atoms with van der Waals surface area (Å²) in [5, 5.41) is 5.51. The fraction of sp³-hybridized carbons (Fsp3) is 0.400. The molecule has 1 atom stereocenters. The van der Waals surface area contributed by atoms with E-state index in [1.54, 1.807) is 20.4 Å². The fourth-order valence-electron chi connectivity index (χ4n) is 2.03. The van der Waals surface area contributed by atoms with E-state index < -0.39 is 0 Å². The Morgan fingerprint density at radius 3 is 2.90 bits per heavy atom. The van der Waals surface area contributed by atoms with Gasteiger partial charge in [-0.3, -0.25) is 0 Å². The third kappa shape index (κ3) is 3.74. The molecule has 5 heteroatoms. The number of nitrogens with zero attached hydrogens (tertiary/aromatic N) is 1. The third-order valence-corrected chi connectivity index (χ3v) is 3.42. The van der Waals surface area contributed by atoms with Crippen LogP contribution in [0.4, 0.5) is 5.82 Å². The third-order valence-electron chi connectivity index (χ3n) is 3.07. The van der Waals surface area contributed by atoms with Gasteiger partial charge in [0.05, 0.1) is 19.1 Å². The molecule has 0 fully saturated rings. The zero-order chi connectivity index (χ0) is 14.4. The van der Waals surface area contributed by atoms with Crippen molar-refractivity contribution in [3.05, 3.63) is 30.5 Å². The molecule has 108 valence electrons. The summed E-state index contributed by atoms with van der Waals surface area (Å²) < 4.78 is 10.3. The van der Waals surface area contributed by atoms with Crippen LogP contribution in [0.3, 0.4) is 0 Å². The van der Waals surface area contributed by atoms with Gasteiger partial charge in [-0.25, -0.2) is 4.98 Å². The predicted octanol–water partition coefficient (Wildman–Crippen LogP) is 3.30. The van der Waals surface area contributed by atoms with Gasteiger partial charge in [0.1, 0.15) is 11.6 Å². The van der Waals surface area contributed by atoms with Crippen LogP contribution in [-0.2, 0) is 4.74 Å². The van der Waals surface area contributed by atoms with Crippen LogP contribution in [0.15, 0.2) is 30.5 Å². The Balaban J connectivity index is 2.09. The van der Waals surface area contributed by atoms with E-state index >= 15 is 0 Å². The standard InChI is InChI=1S/C15H19ClN2O2/c1-19-10-12(16)6-8-18-15-14-9-13(20-2)4-3-11(14)5-7-17-15/h3-5,7,9,12H,6,8,10H2,1-2H3,(H,17,18). The van der Waals surface area contributed by atoms with Gasteiger partial charge in [-0.1, -0.05) is 6.07 Å². The number of pyridine rings is 1. The Kier molecular flexibility index (Phi) is 5.44. The van der Waals surface area contributed by atoms with E-state index in [1.165, 1.54) is 0 Å². The number of benzene rings is 1. The van der Waals surface area contributed by atoms with Crippen LogP contribution in [0.2, 0.25) is 0 Å². The normalized spacial score (nSPS) is 12.3. The van der Waals surface area contributed by atoms with Crippen molar-refractivity contribution in [2.24, 2.45) is 0 Å². The highest BCUT2D eigenvalue weighted by Gasteiger charge is 2.06. The average molecular weight is 295 g/mol. The smallest absolute Gasteiger partial charge is 0.133 e. The summed E-state index contributed by atoms with van der Waals surface area (Å²) in [6.07, 6.45) is 2.61. The number of rotatable bonds is 7. The molecule has 0 aliphatic carbocycles. The van der Waals surface area contributed by atoms with Crippen molar-refractivity contribution in [2.45, 2.75) is 11.8 Å². The average Bonchev–Trinajstić information content (AvgIpc) is 2.47. The summed E-state index contributed by atoms with van der Waals surface area (Å²) in [4.78, 5) is 4.38. The molecule has 0 amide bonds. The molecule has 0 spiro atoms. The molecule has 20 heavy (non-hydrogen) atoms. The quantitative estimate of drug-likeness (QED) is 0.796. The molecule has 1 heterocycles. The number of aromatic nitrogens is 1. The van der Waals surface area contributed by atoms with Gasteiger partial charge in [0.25, 0.3) is 0 Å². The van der Waals surface area contributed by atoms with E-state index in [-0.39, 0.29) is 5.38 Å². The number of methoxy groups -OCH3 is 2. The van der Waals surface area contributed by atoms with Crippen molar-refractivity contribution in [3.8, 4) is 5.75 Å². The Hall–Kier alpha value is -1.52. The minimum atomic E-state index is 0.0111. The molecule has 1 aromatic carbocycles. The highest BCUT2D eigenvalue weighted by atomic mass is 35.5. The van der Waals surface area contributed by atoms with Crippen LogP contribution in [0.25, 0.3) is 10.8 Å². The number of hydrogen-bond acceptors (Lipinski definition) is 4. The van der Waals surface area contributed by atoms with Gasteiger partial charge in [-0.15, -0.1) is 11.6 Å². The van der Waals surface area contributed by atoms with Crippen molar-refractivity contribution >= 4 is 28.2 Å². The Morgan fingerprint density at radius 1 is 1.30 bits per heavy atom. The molecular formula is C15H19ClN2O2. The maximum absolute atomic E-state index is 6.11. The first-order chi connectivity index (χ1) is 9.74. The number of alkyl halides is 1. The molecule has 0 radical (unpaired) electrons. The minimum Gasteiger partial charge on any atom is -0.497 e. The lowest BCUT2D eigenvalue weighted by molar-refractivity contribution is 0.196. The molecule has 1 unspecified atom stereocenters. The SMILES string of the molecule is COCC(Cl)CCNc1nccc2ccc(OC)cc12. The van der Waals surface area contributed by atoms with E-state index in [2.05, 4.69) is 10.3 Å². The Labute approximate surface area is 124 Å². The molecule has 1 aromatic heterocycles. The number of anilines is 1. The van der Waals surface area contributed by atoms with Crippen molar-refractivity contribution in [3.63, 3.8) is 0 Å². The van der Waals surface area contributed by atoms with Crippen LogP contribution < -0.4 is 10.1 Å². The second kappa shape index (κ2) is 7.31. The fourth-order valence-corrected chi connectivity index (χ4v) is 2.26. The summed E-state index contributed by atoms with van der Waals surface area (Å²) in [6, 6.07) is 7.93. The first-order valence-corrected chi connectivity index (χ1v) is 6.98. The van der Waals surface area contributed by atoms with Crippen molar-refractivity contribution in [1.82, 2.24) is 4.98 Å². The van der Waals surface area contributed by atoms with Gasteiger partial charge < -0.3 is 14.8 Å². The van der Waals surface area contributed by atoms with Gasteiger partial charge >= 0.3 is 0 Å². The number of halogens is 1. The molecule has 1 N–H and O–H groups in total. The van der Waals surface area contributed by atoms with E-state index in [0.717, 1.165) is 35.3 Å². The highest BCUT2D eigenvalue weighted by molar-refractivity contribution is 6.20. The molecule has 0 bridgehead atoms. The zero-order valence-electron chi connectivity index (χ0n) is 11.7. The summed E-state index contributed by atoms with van der Waals surface area (Å²) in [6.45, 7) is 1.31.